The number of fused-ring (bicyclic) bond motifs is 12. The van der Waals surface area contributed by atoms with Crippen LogP contribution in [0.3, 0.4) is 0 Å². The van der Waals surface area contributed by atoms with Crippen LogP contribution in [0.15, 0.2) is 109 Å². The molecule has 10 aromatic rings. The molecule has 5 heteroatoms. The van der Waals surface area contributed by atoms with Gasteiger partial charge in [-0.3, -0.25) is 9.97 Å². The molecular weight excluding hydrogens is 852 g/mol. The number of imidazole rings is 2. The first-order valence-electron chi connectivity index (χ1n) is 18.9. The third-order valence-electron chi connectivity index (χ3n) is 11.5. The summed E-state index contributed by atoms with van der Waals surface area (Å²) in [5.41, 5.74) is 18.6. The number of aromatic nitrogens is 4. The summed E-state index contributed by atoms with van der Waals surface area (Å²) in [6.45, 7) is 13.2. The summed E-state index contributed by atoms with van der Waals surface area (Å²) in [6, 6.07) is 46.6. The zero-order valence-corrected chi connectivity index (χ0v) is 34.2. The van der Waals surface area contributed by atoms with Crippen molar-refractivity contribution in [3.8, 4) is 22.5 Å². The molecule has 0 radical (unpaired) electrons. The van der Waals surface area contributed by atoms with Crippen LogP contribution in [-0.4, -0.2) is 18.8 Å². The Hall–Kier alpha value is -5.57. The number of hydrogen-bond acceptors (Lipinski definition) is 2. The topological polar surface area (TPSA) is 34.6 Å². The second-order valence-corrected chi connectivity index (χ2v) is 15.1. The van der Waals surface area contributed by atoms with Crippen molar-refractivity contribution in [1.29, 1.82) is 0 Å². The second kappa shape index (κ2) is 13.3. The Morgan fingerprint density at radius 1 is 0.473 bits per heavy atom. The maximum absolute atomic E-state index is 5.58. The minimum absolute atomic E-state index is 0. The number of rotatable bonds is 5. The fourth-order valence-corrected chi connectivity index (χ4v) is 9.02. The van der Waals surface area contributed by atoms with E-state index in [2.05, 4.69) is 160 Å². The van der Waals surface area contributed by atoms with Gasteiger partial charge < -0.3 is 8.80 Å². The number of aryl methyl sites for hydroxylation is 8. The van der Waals surface area contributed by atoms with Gasteiger partial charge in [0.15, 0.2) is 0 Å². The molecule has 0 fully saturated rings. The number of benzene rings is 6. The van der Waals surface area contributed by atoms with Gasteiger partial charge in [-0.2, -0.15) is 0 Å². The fourth-order valence-electron chi connectivity index (χ4n) is 9.02. The molecule has 270 valence electrons. The van der Waals surface area contributed by atoms with Crippen LogP contribution in [0, 0.1) is 53.7 Å². The van der Waals surface area contributed by atoms with E-state index >= 15 is 0 Å². The predicted molar refractivity (Wildman–Crippen MR) is 225 cm³/mol. The van der Waals surface area contributed by atoms with Gasteiger partial charge in [-0.25, -0.2) is 0 Å². The predicted octanol–water partition coefficient (Wildman–Crippen LogP) is 12.2. The minimum atomic E-state index is 0. The van der Waals surface area contributed by atoms with Crippen LogP contribution < -0.4 is 0 Å². The van der Waals surface area contributed by atoms with E-state index in [9.17, 15) is 0 Å². The van der Waals surface area contributed by atoms with Gasteiger partial charge in [0.2, 0.25) is 0 Å². The smallest absolute Gasteiger partial charge is 0.333 e. The number of hydrogen-bond donors (Lipinski definition) is 0. The summed E-state index contributed by atoms with van der Waals surface area (Å²) in [6.07, 6.45) is 1.43. The first-order valence-corrected chi connectivity index (χ1v) is 18.9. The maximum atomic E-state index is 5.58. The summed E-state index contributed by atoms with van der Waals surface area (Å²) in [5, 5.41) is 6.87. The molecule has 0 aliphatic carbocycles. The molecule has 4 heterocycles. The molecule has 0 amide bonds. The van der Waals surface area contributed by atoms with Gasteiger partial charge in [-0.15, -0.1) is 59.3 Å². The third-order valence-corrected chi connectivity index (χ3v) is 11.5. The minimum Gasteiger partial charge on any atom is -0.333 e. The summed E-state index contributed by atoms with van der Waals surface area (Å²) in [4.78, 5) is 11.2. The molecule has 0 saturated carbocycles. The van der Waals surface area contributed by atoms with Crippen molar-refractivity contribution in [3.63, 3.8) is 0 Å². The molecule has 55 heavy (non-hydrogen) atoms. The van der Waals surface area contributed by atoms with Crippen molar-refractivity contribution >= 4 is 54.6 Å². The molecule has 0 aliphatic heterocycles. The third kappa shape index (κ3) is 5.37. The van der Waals surface area contributed by atoms with Crippen molar-refractivity contribution in [2.24, 2.45) is 0 Å². The molecule has 0 atom stereocenters. The van der Waals surface area contributed by atoms with Crippen LogP contribution in [0.2, 0.25) is 0 Å². The van der Waals surface area contributed by atoms with Gasteiger partial charge in [0.1, 0.15) is 0 Å². The molecule has 6 aromatic carbocycles. The Morgan fingerprint density at radius 2 is 0.873 bits per heavy atom. The van der Waals surface area contributed by atoms with Crippen molar-refractivity contribution in [3.05, 3.63) is 166 Å². The molecule has 0 spiro atoms. The van der Waals surface area contributed by atoms with Gasteiger partial charge in [0, 0.05) is 22.2 Å². The van der Waals surface area contributed by atoms with Gasteiger partial charge >= 0.3 is 21.1 Å². The van der Waals surface area contributed by atoms with E-state index in [4.69, 9.17) is 9.97 Å². The van der Waals surface area contributed by atoms with Crippen LogP contribution in [0.25, 0.3) is 77.2 Å². The Kier molecular flexibility index (Phi) is 8.51. The van der Waals surface area contributed by atoms with E-state index in [0.29, 0.717) is 12.8 Å². The summed E-state index contributed by atoms with van der Waals surface area (Å²) >= 11 is 0. The van der Waals surface area contributed by atoms with Crippen molar-refractivity contribution in [2.45, 2.75) is 54.4 Å². The molecule has 0 N–H and O–H groups in total. The van der Waals surface area contributed by atoms with E-state index in [-0.39, 0.29) is 21.1 Å². The van der Waals surface area contributed by atoms with Gasteiger partial charge in [0.25, 0.3) is 0 Å². The molecule has 10 rings (SSSR count). The zero-order chi connectivity index (χ0) is 36.8. The average Bonchev–Trinajstić information content (AvgIpc) is 3.73. The molecular formula is C50H40N4Pt. The Labute approximate surface area is 335 Å². The first-order chi connectivity index (χ1) is 26.3. The summed E-state index contributed by atoms with van der Waals surface area (Å²) < 4.78 is 4.82. The first kappa shape index (κ1) is 35.1. The van der Waals surface area contributed by atoms with Crippen LogP contribution in [0.5, 0.6) is 0 Å². The van der Waals surface area contributed by atoms with E-state index in [0.717, 1.165) is 55.9 Å². The SMILES string of the molecule is Cc1ccc2c(c1)c1ccc[c-]c1c1nc(CCc3nc4c5[c-]cccc5c5cc(C)ccc5n4c3-c3c(C)cccc3C)c(-c3c(C)cccc3C)n21.[Pt+2]. The number of nitrogens with zero attached hydrogens (tertiary/aromatic N) is 4. The summed E-state index contributed by atoms with van der Waals surface area (Å²) in [7, 11) is 0. The van der Waals surface area contributed by atoms with Crippen LogP contribution in [0.1, 0.15) is 44.8 Å². The standard InChI is InChI=1S/C50H40N4.Pt/c1-29-21-25-43-39(27-29)35-17-7-9-19-37(35)49-51-41(47(53(43)49)45-31(3)13-11-14-32(45)4)23-24-42-48(46-33(5)15-12-16-34(46)6)54-44-26-22-30(2)28-40(44)36-18-8-10-20-38(36)50(54)52-42;/h7-18,21-22,25-28H,23-24H2,1-6H3;/q-2;+2. The largest absolute Gasteiger partial charge is 2.00 e. The van der Waals surface area contributed by atoms with Crippen LogP contribution in [-0.2, 0) is 33.9 Å². The molecule has 4 aromatic heterocycles. The normalized spacial score (nSPS) is 11.8. The zero-order valence-electron chi connectivity index (χ0n) is 31.9. The van der Waals surface area contributed by atoms with E-state index < -0.39 is 0 Å². The van der Waals surface area contributed by atoms with Crippen LogP contribution >= 0.6 is 0 Å². The quantitative estimate of drug-likeness (QED) is 0.127. The van der Waals surface area contributed by atoms with Gasteiger partial charge in [-0.05, 0) is 99.5 Å². The summed E-state index contributed by atoms with van der Waals surface area (Å²) in [5.74, 6) is 0. The van der Waals surface area contributed by atoms with Crippen LogP contribution in [0.4, 0.5) is 0 Å². The second-order valence-electron chi connectivity index (χ2n) is 15.1. The Morgan fingerprint density at radius 3 is 1.27 bits per heavy atom. The van der Waals surface area contributed by atoms with E-state index in [1.165, 1.54) is 66.1 Å². The maximum Gasteiger partial charge on any atom is 2.00 e. The monoisotopic (exact) mass is 891 g/mol. The van der Waals surface area contributed by atoms with Gasteiger partial charge in [0.05, 0.1) is 34.1 Å². The Bertz CT molecular complexity index is 2930. The van der Waals surface area contributed by atoms with Crippen molar-refractivity contribution in [1.82, 2.24) is 18.8 Å². The van der Waals surface area contributed by atoms with Gasteiger partial charge in [-0.1, -0.05) is 82.6 Å². The molecule has 0 aliphatic rings. The Balaban J connectivity index is 0.00000397. The van der Waals surface area contributed by atoms with E-state index in [1.54, 1.807) is 0 Å². The number of pyridine rings is 2. The molecule has 0 unspecified atom stereocenters. The molecule has 0 saturated heterocycles. The molecule has 0 bridgehead atoms. The average molecular weight is 892 g/mol. The van der Waals surface area contributed by atoms with Crippen molar-refractivity contribution < 1.29 is 21.1 Å². The fraction of sp³-hybridized carbons (Fsp3) is 0.160. The van der Waals surface area contributed by atoms with E-state index in [1.807, 2.05) is 12.1 Å². The molecule has 4 nitrogen and oxygen atoms in total. The van der Waals surface area contributed by atoms with Crippen molar-refractivity contribution in [2.75, 3.05) is 0 Å².